The molecule has 1 atom stereocenters. The van der Waals surface area contributed by atoms with Crippen LogP contribution in [0.3, 0.4) is 0 Å². The molecule has 3 amide bonds. The smallest absolute Gasteiger partial charge is 0.257 e. The van der Waals surface area contributed by atoms with E-state index in [9.17, 15) is 23.6 Å². The number of aromatic nitrogens is 3. The highest BCUT2D eigenvalue weighted by Gasteiger charge is 2.30. The lowest BCUT2D eigenvalue weighted by molar-refractivity contribution is -0.133. The third-order valence-corrected chi connectivity index (χ3v) is 13.5. The molecule has 0 spiro atoms. The predicted molar refractivity (Wildman–Crippen MR) is 244 cm³/mol. The number of benzene rings is 2. The molecule has 4 aliphatic heterocycles. The van der Waals surface area contributed by atoms with Crippen LogP contribution in [0.1, 0.15) is 53.7 Å². The van der Waals surface area contributed by atoms with Gasteiger partial charge < -0.3 is 25.0 Å². The Hall–Kier alpha value is -6.53. The lowest BCUT2D eigenvalue weighted by Crippen LogP contribution is -2.49. The number of likely N-dealkylation sites (tertiary alicyclic amines) is 1. The van der Waals surface area contributed by atoms with Crippen molar-refractivity contribution in [2.45, 2.75) is 44.7 Å². The standard InChI is InChI=1S/C48H52F4N10O4/c1-53-40-25-44(64)62(28-38(40)52)41-7-12-54-46-34(41)24-33(57(46)2)27-58-13-10-30(11-14-58)45-36(50)21-31(22-37(45)51)48(66)61-15-8-29(9-16-61)26-59-17-19-60(20-18-59)42-5-3-32(23-35(42)49)55-39-4-6-43(63)56-47(39)65/h3,5,7,10,12,21-25,28-29,39,53,55H,4,6,8-9,11,13-20,26-27H2,1-2H3,(H,56,63,65). The number of rotatable bonds is 11. The van der Waals surface area contributed by atoms with Gasteiger partial charge in [0.15, 0.2) is 5.82 Å². The molecule has 4 aliphatic rings. The first-order valence-corrected chi connectivity index (χ1v) is 22.4. The highest BCUT2D eigenvalue weighted by Crippen LogP contribution is 2.32. The Morgan fingerprint density at radius 3 is 2.26 bits per heavy atom. The van der Waals surface area contributed by atoms with Gasteiger partial charge in [-0.05, 0) is 79.6 Å². The van der Waals surface area contributed by atoms with Crippen LogP contribution in [0.5, 0.6) is 0 Å². The first-order chi connectivity index (χ1) is 31.8. The molecule has 0 aliphatic carbocycles. The molecule has 0 bridgehead atoms. The van der Waals surface area contributed by atoms with Gasteiger partial charge in [0.1, 0.15) is 29.1 Å². The quantitative estimate of drug-likeness (QED) is 0.115. The number of imide groups is 1. The SMILES string of the molecule is CNc1cc(=O)n(-c2ccnc3c2cc(CN2CC=C(c4c(F)cc(C(=O)N5CCC(CN6CCN(c7ccc(NC8CCC(=O)NC8=O)cc7F)CC6)CC5)cc4F)CC2)n3C)cc1F. The highest BCUT2D eigenvalue weighted by molar-refractivity contribution is 6.01. The fourth-order valence-corrected chi connectivity index (χ4v) is 9.75. The predicted octanol–water partition coefficient (Wildman–Crippen LogP) is 5.50. The van der Waals surface area contributed by atoms with Gasteiger partial charge in [-0.1, -0.05) is 6.08 Å². The van der Waals surface area contributed by atoms with E-state index in [1.54, 1.807) is 36.3 Å². The molecule has 9 rings (SSSR count). The maximum absolute atomic E-state index is 15.7. The number of amides is 3. The zero-order chi connectivity index (χ0) is 46.2. The van der Waals surface area contributed by atoms with Gasteiger partial charge in [0.2, 0.25) is 11.8 Å². The van der Waals surface area contributed by atoms with E-state index in [1.165, 1.54) is 16.7 Å². The lowest BCUT2D eigenvalue weighted by atomic mass is 9.94. The zero-order valence-electron chi connectivity index (χ0n) is 36.9. The Labute approximate surface area is 378 Å². The van der Waals surface area contributed by atoms with Gasteiger partial charge in [0.25, 0.3) is 11.5 Å². The van der Waals surface area contributed by atoms with Crippen LogP contribution >= 0.6 is 0 Å². The van der Waals surface area contributed by atoms with E-state index in [0.29, 0.717) is 98.2 Å². The second kappa shape index (κ2) is 18.8. The number of hydrogen-bond donors (Lipinski definition) is 3. The van der Waals surface area contributed by atoms with E-state index in [2.05, 4.69) is 30.7 Å². The van der Waals surface area contributed by atoms with Gasteiger partial charge in [-0.15, -0.1) is 0 Å². The molecule has 0 saturated carbocycles. The molecule has 3 fully saturated rings. The average molecular weight is 909 g/mol. The fraction of sp³-hybridized carbons (Fsp3) is 0.396. The van der Waals surface area contributed by atoms with Crippen LogP contribution in [0.2, 0.25) is 0 Å². The van der Waals surface area contributed by atoms with Crippen molar-refractivity contribution >= 4 is 51.4 Å². The van der Waals surface area contributed by atoms with Gasteiger partial charge in [-0.3, -0.25) is 38.9 Å². The number of carbonyl (C=O) groups is 3. The van der Waals surface area contributed by atoms with Crippen molar-refractivity contribution in [2.75, 3.05) is 81.5 Å². The van der Waals surface area contributed by atoms with Crippen molar-refractivity contribution in [1.29, 1.82) is 0 Å². The number of nitrogens with one attached hydrogen (secondary N) is 3. The topological polar surface area (TPSA) is 140 Å². The average Bonchev–Trinajstić information content (AvgIpc) is 3.62. The zero-order valence-corrected chi connectivity index (χ0v) is 36.9. The first-order valence-electron chi connectivity index (χ1n) is 22.4. The van der Waals surface area contributed by atoms with Crippen LogP contribution in [0.15, 0.2) is 71.8 Å². The summed E-state index contributed by atoms with van der Waals surface area (Å²) in [7, 11) is 3.42. The van der Waals surface area contributed by atoms with Gasteiger partial charge in [-0.2, -0.15) is 0 Å². The molecule has 66 heavy (non-hydrogen) atoms. The third-order valence-electron chi connectivity index (χ3n) is 13.5. The molecule has 3 N–H and O–H groups in total. The normalized spacial score (nSPS) is 19.0. The van der Waals surface area contributed by atoms with Crippen LogP contribution in [-0.2, 0) is 23.2 Å². The third kappa shape index (κ3) is 9.16. The number of pyridine rings is 2. The summed E-state index contributed by atoms with van der Waals surface area (Å²) < 4.78 is 64.6. The second-order valence-corrected chi connectivity index (χ2v) is 17.6. The Morgan fingerprint density at radius 1 is 0.818 bits per heavy atom. The molecule has 7 heterocycles. The van der Waals surface area contributed by atoms with E-state index < -0.39 is 40.9 Å². The molecule has 3 saturated heterocycles. The minimum absolute atomic E-state index is 0.0138. The van der Waals surface area contributed by atoms with Gasteiger partial charge in [0, 0.05) is 126 Å². The summed E-state index contributed by atoms with van der Waals surface area (Å²) in [5.74, 6) is -3.26. The Balaban J connectivity index is 0.758. The summed E-state index contributed by atoms with van der Waals surface area (Å²) in [6.07, 6.45) is 7.04. The van der Waals surface area contributed by atoms with Gasteiger partial charge in [-0.25, -0.2) is 22.5 Å². The summed E-state index contributed by atoms with van der Waals surface area (Å²) in [5, 5.41) is 8.69. The number of nitrogens with zero attached hydrogens (tertiary/aromatic N) is 7. The van der Waals surface area contributed by atoms with Gasteiger partial charge >= 0.3 is 0 Å². The molecule has 1 unspecified atom stereocenters. The molecular formula is C48H52F4N10O4. The molecule has 14 nitrogen and oxygen atoms in total. The van der Waals surface area contributed by atoms with Crippen molar-refractivity contribution in [3.63, 3.8) is 0 Å². The molecule has 2 aromatic carbocycles. The van der Waals surface area contributed by atoms with Crippen LogP contribution in [0.4, 0.5) is 34.6 Å². The largest absolute Gasteiger partial charge is 0.386 e. The highest BCUT2D eigenvalue weighted by atomic mass is 19.1. The van der Waals surface area contributed by atoms with E-state index in [-0.39, 0.29) is 35.0 Å². The van der Waals surface area contributed by atoms with Gasteiger partial charge in [0.05, 0.1) is 23.3 Å². The lowest BCUT2D eigenvalue weighted by Gasteiger charge is -2.39. The van der Waals surface area contributed by atoms with Crippen molar-refractivity contribution in [3.05, 3.63) is 117 Å². The van der Waals surface area contributed by atoms with Crippen molar-refractivity contribution < 1.29 is 31.9 Å². The Bertz CT molecular complexity index is 2770. The number of hydrogen-bond acceptors (Lipinski definition) is 10. The molecule has 18 heteroatoms. The number of halogens is 4. The Kier molecular flexibility index (Phi) is 12.7. The number of fused-ring (bicyclic) bond motifs is 1. The second-order valence-electron chi connectivity index (χ2n) is 17.6. The summed E-state index contributed by atoms with van der Waals surface area (Å²) in [6, 6.07) is 11.3. The van der Waals surface area contributed by atoms with Crippen LogP contribution in [0.25, 0.3) is 22.3 Å². The summed E-state index contributed by atoms with van der Waals surface area (Å²) in [6.45, 7) is 6.03. The molecule has 5 aromatic rings. The van der Waals surface area contributed by atoms with Crippen molar-refractivity contribution in [1.82, 2.24) is 34.1 Å². The molecule has 3 aromatic heterocycles. The molecule has 0 radical (unpaired) electrons. The monoisotopic (exact) mass is 908 g/mol. The van der Waals surface area contributed by atoms with Crippen LogP contribution < -0.4 is 26.4 Å². The van der Waals surface area contributed by atoms with E-state index in [4.69, 9.17) is 0 Å². The van der Waals surface area contributed by atoms with Crippen molar-refractivity contribution in [3.8, 4) is 5.69 Å². The van der Waals surface area contributed by atoms with E-state index in [0.717, 1.165) is 56.5 Å². The van der Waals surface area contributed by atoms with Crippen molar-refractivity contribution in [2.24, 2.45) is 13.0 Å². The minimum atomic E-state index is -0.770. The molecular weight excluding hydrogens is 857 g/mol. The number of anilines is 3. The fourth-order valence-electron chi connectivity index (χ4n) is 9.75. The minimum Gasteiger partial charge on any atom is -0.386 e. The number of aryl methyl sites for hydroxylation is 1. The van der Waals surface area contributed by atoms with E-state index >= 15 is 13.2 Å². The first kappa shape index (κ1) is 44.7. The van der Waals surface area contributed by atoms with Crippen LogP contribution in [0, 0.1) is 29.2 Å². The Morgan fingerprint density at radius 2 is 1.58 bits per heavy atom. The molecule has 346 valence electrons. The number of piperazine rings is 1. The number of piperidine rings is 2. The maximum atomic E-state index is 15.7. The summed E-state index contributed by atoms with van der Waals surface area (Å²) in [4.78, 5) is 62.7. The number of carbonyl (C=O) groups excluding carboxylic acids is 3. The van der Waals surface area contributed by atoms with E-state index in [1.807, 2.05) is 28.7 Å². The summed E-state index contributed by atoms with van der Waals surface area (Å²) >= 11 is 0. The van der Waals surface area contributed by atoms with Crippen LogP contribution in [-0.4, -0.2) is 119 Å². The maximum Gasteiger partial charge on any atom is 0.257 e. The summed E-state index contributed by atoms with van der Waals surface area (Å²) in [5.41, 5.74) is 3.11.